The Morgan fingerprint density at radius 2 is 1.80 bits per heavy atom. The average molecular weight is 230 g/mol. The largest absolute Gasteiger partial charge is 0.316 e. The van der Waals surface area contributed by atoms with E-state index in [4.69, 9.17) is 11.6 Å². The van der Waals surface area contributed by atoms with Crippen LogP contribution in [0.4, 0.5) is 0 Å². The number of hydrogen-bond acceptors (Lipinski definition) is 1. The van der Waals surface area contributed by atoms with Gasteiger partial charge in [0.25, 0.3) is 0 Å². The molecule has 15 heavy (non-hydrogen) atoms. The molecule has 2 aliphatic carbocycles. The van der Waals surface area contributed by atoms with Crippen molar-refractivity contribution in [2.24, 2.45) is 11.3 Å². The minimum Gasteiger partial charge on any atom is -0.316 e. The van der Waals surface area contributed by atoms with Crippen molar-refractivity contribution in [3.63, 3.8) is 0 Å². The molecule has 2 rings (SSSR count). The van der Waals surface area contributed by atoms with Gasteiger partial charge >= 0.3 is 0 Å². The normalized spacial score (nSPS) is 26.2. The molecule has 1 nitrogen and oxygen atoms in total. The predicted molar refractivity (Wildman–Crippen MR) is 66.4 cm³/mol. The predicted octanol–water partition coefficient (Wildman–Crippen LogP) is 3.57. The highest BCUT2D eigenvalue weighted by Crippen LogP contribution is 2.37. The zero-order valence-corrected chi connectivity index (χ0v) is 10.5. The molecule has 0 unspecified atom stereocenters. The van der Waals surface area contributed by atoms with E-state index in [1.54, 1.807) is 0 Å². The molecule has 2 heteroatoms. The van der Waals surface area contributed by atoms with E-state index in [-0.39, 0.29) is 0 Å². The van der Waals surface area contributed by atoms with Crippen LogP contribution in [-0.2, 0) is 0 Å². The highest BCUT2D eigenvalue weighted by molar-refractivity contribution is 6.18. The van der Waals surface area contributed by atoms with Crippen molar-refractivity contribution in [2.75, 3.05) is 19.0 Å². The summed E-state index contributed by atoms with van der Waals surface area (Å²) in [6.45, 7) is 2.39. The summed E-state index contributed by atoms with van der Waals surface area (Å²) in [6, 6.07) is 0. The molecule has 0 bridgehead atoms. The molecule has 1 N–H and O–H groups in total. The van der Waals surface area contributed by atoms with E-state index in [1.165, 1.54) is 57.9 Å². The van der Waals surface area contributed by atoms with Crippen molar-refractivity contribution in [3.8, 4) is 0 Å². The van der Waals surface area contributed by atoms with E-state index in [2.05, 4.69) is 5.32 Å². The number of nitrogens with one attached hydrogen (secondary N) is 1. The lowest BCUT2D eigenvalue weighted by Gasteiger charge is -2.37. The first-order valence-electron chi connectivity index (χ1n) is 6.61. The van der Waals surface area contributed by atoms with Gasteiger partial charge in [0.1, 0.15) is 0 Å². The molecule has 0 aliphatic heterocycles. The summed E-state index contributed by atoms with van der Waals surface area (Å²) in [5.74, 6) is 1.82. The number of hydrogen-bond donors (Lipinski definition) is 1. The van der Waals surface area contributed by atoms with Gasteiger partial charge in [-0.2, -0.15) is 0 Å². The van der Waals surface area contributed by atoms with Gasteiger partial charge in [-0.05, 0) is 43.6 Å². The molecule has 0 spiro atoms. The molecule has 0 aromatic heterocycles. The van der Waals surface area contributed by atoms with Crippen LogP contribution >= 0.6 is 11.6 Å². The van der Waals surface area contributed by atoms with Gasteiger partial charge in [-0.25, -0.2) is 0 Å². The summed E-state index contributed by atoms with van der Waals surface area (Å²) >= 11 is 6.16. The van der Waals surface area contributed by atoms with Gasteiger partial charge in [-0.3, -0.25) is 0 Å². The monoisotopic (exact) mass is 229 g/mol. The molecule has 2 fully saturated rings. The molecule has 0 saturated heterocycles. The number of rotatable bonds is 5. The molecule has 0 aromatic carbocycles. The maximum atomic E-state index is 6.16. The fraction of sp³-hybridized carbons (Fsp3) is 1.00. The fourth-order valence-electron chi connectivity index (χ4n) is 2.90. The highest BCUT2D eigenvalue weighted by atomic mass is 35.5. The summed E-state index contributed by atoms with van der Waals surface area (Å²) in [7, 11) is 0. The SMILES string of the molecule is ClCC1(CNCC2CCC2)CCCCC1. The zero-order chi connectivity index (χ0) is 10.6. The van der Waals surface area contributed by atoms with E-state index in [1.807, 2.05) is 0 Å². The third-order valence-corrected chi connectivity index (χ3v) is 4.92. The average Bonchev–Trinajstić information content (AvgIpc) is 2.23. The van der Waals surface area contributed by atoms with Crippen LogP contribution in [0.2, 0.25) is 0 Å². The quantitative estimate of drug-likeness (QED) is 0.711. The first-order chi connectivity index (χ1) is 7.35. The molecule has 0 aromatic rings. The van der Waals surface area contributed by atoms with Crippen LogP contribution in [0.5, 0.6) is 0 Å². The van der Waals surface area contributed by atoms with E-state index >= 15 is 0 Å². The topological polar surface area (TPSA) is 12.0 Å². The highest BCUT2D eigenvalue weighted by Gasteiger charge is 2.31. The Morgan fingerprint density at radius 3 is 2.33 bits per heavy atom. The van der Waals surface area contributed by atoms with Gasteiger partial charge in [0.05, 0.1) is 0 Å². The van der Waals surface area contributed by atoms with Crippen molar-refractivity contribution in [3.05, 3.63) is 0 Å². The second-order valence-electron chi connectivity index (χ2n) is 5.62. The van der Waals surface area contributed by atoms with E-state index < -0.39 is 0 Å². The fourth-order valence-corrected chi connectivity index (χ4v) is 3.26. The lowest BCUT2D eigenvalue weighted by molar-refractivity contribution is 0.200. The molecule has 0 heterocycles. The van der Waals surface area contributed by atoms with Crippen LogP contribution in [0.3, 0.4) is 0 Å². The third-order valence-electron chi connectivity index (χ3n) is 4.36. The maximum Gasteiger partial charge on any atom is 0.0292 e. The van der Waals surface area contributed by atoms with Gasteiger partial charge < -0.3 is 5.32 Å². The lowest BCUT2D eigenvalue weighted by Crippen LogP contribution is -2.40. The van der Waals surface area contributed by atoms with E-state index in [9.17, 15) is 0 Å². The zero-order valence-electron chi connectivity index (χ0n) is 9.73. The molecule has 0 amide bonds. The van der Waals surface area contributed by atoms with Crippen molar-refractivity contribution in [1.29, 1.82) is 0 Å². The minimum absolute atomic E-state index is 0.434. The van der Waals surface area contributed by atoms with Gasteiger partial charge in [0.15, 0.2) is 0 Å². The summed E-state index contributed by atoms with van der Waals surface area (Å²) in [5.41, 5.74) is 0.434. The van der Waals surface area contributed by atoms with Crippen LogP contribution in [0.1, 0.15) is 51.4 Å². The van der Waals surface area contributed by atoms with Gasteiger partial charge in [-0.15, -0.1) is 11.6 Å². The van der Waals surface area contributed by atoms with Crippen molar-refractivity contribution >= 4 is 11.6 Å². The summed E-state index contributed by atoms with van der Waals surface area (Å²) in [4.78, 5) is 0. The molecule has 2 saturated carbocycles. The van der Waals surface area contributed by atoms with Crippen molar-refractivity contribution < 1.29 is 0 Å². The van der Waals surface area contributed by atoms with E-state index in [0.29, 0.717) is 5.41 Å². The Kier molecular flexibility index (Phi) is 4.33. The third kappa shape index (κ3) is 3.10. The summed E-state index contributed by atoms with van der Waals surface area (Å²) < 4.78 is 0. The maximum absolute atomic E-state index is 6.16. The number of halogens is 1. The first-order valence-corrected chi connectivity index (χ1v) is 7.15. The van der Waals surface area contributed by atoms with Crippen molar-refractivity contribution in [1.82, 2.24) is 5.32 Å². The standard InChI is InChI=1S/C13H24ClN/c14-10-13(7-2-1-3-8-13)11-15-9-12-5-4-6-12/h12,15H,1-11H2. The number of alkyl halides is 1. The Labute approximate surface area is 99.0 Å². The Balaban J connectivity index is 1.69. The molecular weight excluding hydrogens is 206 g/mol. The van der Waals surface area contributed by atoms with Crippen LogP contribution in [-0.4, -0.2) is 19.0 Å². The first kappa shape index (κ1) is 11.7. The molecule has 0 atom stereocenters. The van der Waals surface area contributed by atoms with Crippen LogP contribution < -0.4 is 5.32 Å². The minimum atomic E-state index is 0.434. The Hall–Kier alpha value is 0.250. The Bertz CT molecular complexity index is 183. The second kappa shape index (κ2) is 5.54. The van der Waals surface area contributed by atoms with Crippen molar-refractivity contribution in [2.45, 2.75) is 51.4 Å². The van der Waals surface area contributed by atoms with Gasteiger partial charge in [-0.1, -0.05) is 25.7 Å². The van der Waals surface area contributed by atoms with Crippen LogP contribution in [0, 0.1) is 11.3 Å². The molecule has 88 valence electrons. The Morgan fingerprint density at radius 1 is 1.07 bits per heavy atom. The van der Waals surface area contributed by atoms with Crippen LogP contribution in [0.15, 0.2) is 0 Å². The lowest BCUT2D eigenvalue weighted by atomic mass is 9.75. The second-order valence-corrected chi connectivity index (χ2v) is 5.89. The molecule has 2 aliphatic rings. The van der Waals surface area contributed by atoms with Crippen LogP contribution in [0.25, 0.3) is 0 Å². The van der Waals surface area contributed by atoms with Gasteiger partial charge in [0, 0.05) is 12.4 Å². The van der Waals surface area contributed by atoms with Gasteiger partial charge in [0.2, 0.25) is 0 Å². The molecular formula is C13H24ClN. The summed E-state index contributed by atoms with van der Waals surface area (Å²) in [6.07, 6.45) is 11.2. The smallest absolute Gasteiger partial charge is 0.0292 e. The van der Waals surface area contributed by atoms with E-state index in [0.717, 1.165) is 18.3 Å². The summed E-state index contributed by atoms with van der Waals surface area (Å²) in [5, 5.41) is 3.66. The molecule has 0 radical (unpaired) electrons.